The molecule has 0 bridgehead atoms. The highest BCUT2D eigenvalue weighted by atomic mass is 32.2. The maximum absolute atomic E-state index is 11.5. The fraction of sp³-hybridized carbons (Fsp3) is 0.100. The highest BCUT2D eigenvalue weighted by Crippen LogP contribution is 2.27. The molecule has 0 aliphatic carbocycles. The lowest BCUT2D eigenvalue weighted by molar-refractivity contribution is -0.600. The van der Waals surface area contributed by atoms with E-state index >= 15 is 0 Å². The van der Waals surface area contributed by atoms with Crippen LogP contribution in [0.25, 0.3) is 5.69 Å². The Kier molecular flexibility index (Phi) is 3.53. The summed E-state index contributed by atoms with van der Waals surface area (Å²) in [6, 6.07) is 1.80. The third kappa shape index (κ3) is 3.05. The Morgan fingerprint density at radius 1 is 1.10 bits per heavy atom. The third-order valence-electron chi connectivity index (χ3n) is 2.65. The average Bonchev–Trinajstić information content (AvgIpc) is 2.72. The Morgan fingerprint density at radius 3 is 1.90 bits per heavy atom. The van der Waals surface area contributed by atoms with E-state index in [0.717, 1.165) is 16.7 Å². The van der Waals surface area contributed by atoms with Crippen molar-refractivity contribution in [1.82, 2.24) is 4.57 Å². The molecule has 0 aliphatic heterocycles. The van der Waals surface area contributed by atoms with Crippen molar-refractivity contribution in [2.75, 3.05) is 5.73 Å². The minimum Gasteiger partial charge on any atom is -0.399 e. The van der Waals surface area contributed by atoms with Crippen LogP contribution in [0.4, 0.5) is 5.69 Å². The Hall–Kier alpha value is -1.95. The largest absolute Gasteiger partial charge is 0.399 e. The first kappa shape index (κ1) is 15.4. The first-order valence-corrected chi connectivity index (χ1v) is 8.30. The number of nitrogen functional groups attached to an aromatic ring is 1. The van der Waals surface area contributed by atoms with Gasteiger partial charge in [-0.05, 0) is 12.1 Å². The zero-order valence-electron chi connectivity index (χ0n) is 10.7. The van der Waals surface area contributed by atoms with Crippen molar-refractivity contribution >= 4 is 25.9 Å². The second kappa shape index (κ2) is 4.80. The van der Waals surface area contributed by atoms with Gasteiger partial charge in [-0.1, -0.05) is 0 Å². The minimum absolute atomic E-state index is 0.240. The van der Waals surface area contributed by atoms with E-state index in [-0.39, 0.29) is 5.69 Å². The third-order valence-corrected chi connectivity index (χ3v) is 4.38. The van der Waals surface area contributed by atoms with Crippen LogP contribution in [0.2, 0.25) is 0 Å². The smallest absolute Gasteiger partial charge is 0.298 e. The van der Waals surface area contributed by atoms with Crippen molar-refractivity contribution in [1.29, 1.82) is 0 Å². The molecule has 1 heterocycles. The average molecular weight is 334 g/mol. The topological polar surface area (TPSA) is 144 Å². The van der Waals surface area contributed by atoms with Crippen molar-refractivity contribution < 1.29 is 30.5 Å². The number of nitrogens with zero attached hydrogens (tertiary/aromatic N) is 2. The number of aromatic nitrogens is 2. The summed E-state index contributed by atoms with van der Waals surface area (Å²) in [5, 5.41) is 0. The van der Waals surface area contributed by atoms with Gasteiger partial charge in [0.15, 0.2) is 5.69 Å². The van der Waals surface area contributed by atoms with E-state index in [1.807, 2.05) is 0 Å². The molecule has 1 aromatic heterocycles. The number of anilines is 1. The quantitative estimate of drug-likeness (QED) is 0.385. The van der Waals surface area contributed by atoms with Crippen LogP contribution < -0.4 is 10.3 Å². The van der Waals surface area contributed by atoms with Crippen LogP contribution in [0.3, 0.4) is 0 Å². The van der Waals surface area contributed by atoms with Crippen molar-refractivity contribution in [3.05, 3.63) is 30.9 Å². The van der Waals surface area contributed by atoms with E-state index < -0.39 is 35.7 Å². The molecule has 11 heteroatoms. The normalized spacial score (nSPS) is 12.5. The molecule has 9 nitrogen and oxygen atoms in total. The predicted octanol–water partition coefficient (Wildman–Crippen LogP) is -0.623. The Bertz CT molecular complexity index is 861. The summed E-state index contributed by atoms with van der Waals surface area (Å²) in [5.41, 5.74) is 4.78. The SMILES string of the molecule is Cn1cc[n+](-c2c(S(=O)(=O)O)cc(N)cc2S(=O)(=O)O)c1. The van der Waals surface area contributed by atoms with Gasteiger partial charge in [-0.3, -0.25) is 9.11 Å². The van der Waals surface area contributed by atoms with Crippen LogP contribution in [0.1, 0.15) is 0 Å². The zero-order valence-corrected chi connectivity index (χ0v) is 12.3. The summed E-state index contributed by atoms with van der Waals surface area (Å²) < 4.78 is 67.1. The lowest BCUT2D eigenvalue weighted by Crippen LogP contribution is -2.32. The van der Waals surface area contributed by atoms with E-state index in [4.69, 9.17) is 5.73 Å². The summed E-state index contributed by atoms with van der Waals surface area (Å²) in [4.78, 5) is -1.46. The summed E-state index contributed by atoms with van der Waals surface area (Å²) in [6.45, 7) is 0. The maximum Gasteiger partial charge on any atom is 0.298 e. The number of aryl methyl sites for hydroxylation is 1. The van der Waals surface area contributed by atoms with Gasteiger partial charge in [-0.25, -0.2) is 4.57 Å². The molecule has 0 radical (unpaired) electrons. The van der Waals surface area contributed by atoms with Gasteiger partial charge >= 0.3 is 0 Å². The van der Waals surface area contributed by atoms with Crippen LogP contribution in [-0.4, -0.2) is 30.5 Å². The molecule has 0 saturated carbocycles. The first-order chi connectivity index (χ1) is 9.50. The van der Waals surface area contributed by atoms with E-state index in [0.29, 0.717) is 0 Å². The molecular weight excluding hydrogens is 322 g/mol. The van der Waals surface area contributed by atoms with Crippen molar-refractivity contribution in [3.63, 3.8) is 0 Å². The molecule has 2 aromatic rings. The van der Waals surface area contributed by atoms with Crippen LogP contribution in [0, 0.1) is 0 Å². The first-order valence-electron chi connectivity index (χ1n) is 5.42. The Labute approximate surface area is 120 Å². The van der Waals surface area contributed by atoms with E-state index in [2.05, 4.69) is 0 Å². The molecule has 21 heavy (non-hydrogen) atoms. The standard InChI is InChI=1S/C10H11N3O6S2/c1-12-2-3-13(6-12)10-8(20(14,15)16)4-7(11)5-9(10)21(17,18)19/h2-6H,11H2,1H3,(H-,14,15,16,17,18,19)/p+1. The number of benzene rings is 1. The minimum atomic E-state index is -4.76. The van der Waals surface area contributed by atoms with Gasteiger partial charge in [0.2, 0.25) is 6.33 Å². The van der Waals surface area contributed by atoms with Gasteiger partial charge < -0.3 is 5.73 Å². The van der Waals surface area contributed by atoms with Gasteiger partial charge in [-0.15, -0.1) is 0 Å². The zero-order chi connectivity index (χ0) is 16.0. The van der Waals surface area contributed by atoms with Crippen molar-refractivity contribution in [3.8, 4) is 5.69 Å². The second-order valence-electron chi connectivity index (χ2n) is 4.30. The van der Waals surface area contributed by atoms with E-state index in [9.17, 15) is 25.9 Å². The Morgan fingerprint density at radius 2 is 1.57 bits per heavy atom. The Balaban J connectivity index is 3.00. The molecule has 4 N–H and O–H groups in total. The molecule has 0 spiro atoms. The van der Waals surface area contributed by atoms with E-state index in [1.54, 1.807) is 7.05 Å². The van der Waals surface area contributed by atoms with Crippen LogP contribution in [0.5, 0.6) is 0 Å². The number of imidazole rings is 1. The molecule has 2 rings (SSSR count). The van der Waals surface area contributed by atoms with Crippen LogP contribution in [-0.2, 0) is 27.3 Å². The highest BCUT2D eigenvalue weighted by molar-refractivity contribution is 7.86. The molecule has 0 amide bonds. The molecular formula is C10H12N3O6S2+. The number of hydrogen-bond donors (Lipinski definition) is 3. The van der Waals surface area contributed by atoms with Gasteiger partial charge in [0.1, 0.15) is 22.2 Å². The van der Waals surface area contributed by atoms with Gasteiger partial charge in [-0.2, -0.15) is 21.4 Å². The molecule has 0 saturated heterocycles. The summed E-state index contributed by atoms with van der Waals surface area (Å²) in [6.07, 6.45) is 4.22. The van der Waals surface area contributed by atoms with Gasteiger partial charge in [0, 0.05) is 5.69 Å². The van der Waals surface area contributed by atoms with Gasteiger partial charge in [0.25, 0.3) is 20.2 Å². The van der Waals surface area contributed by atoms with Crippen LogP contribution >= 0.6 is 0 Å². The monoisotopic (exact) mass is 334 g/mol. The molecule has 0 aliphatic rings. The van der Waals surface area contributed by atoms with Crippen molar-refractivity contribution in [2.45, 2.75) is 9.79 Å². The predicted molar refractivity (Wildman–Crippen MR) is 71.0 cm³/mol. The molecule has 1 aromatic carbocycles. The molecule has 0 unspecified atom stereocenters. The summed E-state index contributed by atoms with van der Waals surface area (Å²) >= 11 is 0. The lowest BCUT2D eigenvalue weighted by Gasteiger charge is -2.09. The fourth-order valence-corrected chi connectivity index (χ4v) is 3.39. The summed E-state index contributed by atoms with van der Waals surface area (Å²) in [7, 11) is -7.91. The lowest BCUT2D eigenvalue weighted by atomic mass is 10.3. The second-order valence-corrected chi connectivity index (χ2v) is 7.08. The number of nitrogens with two attached hydrogens (primary N) is 1. The molecule has 114 valence electrons. The number of rotatable bonds is 3. The fourth-order valence-electron chi connectivity index (χ4n) is 1.83. The van der Waals surface area contributed by atoms with Crippen molar-refractivity contribution in [2.24, 2.45) is 7.05 Å². The highest BCUT2D eigenvalue weighted by Gasteiger charge is 2.30. The summed E-state index contributed by atoms with van der Waals surface area (Å²) in [5.74, 6) is 0. The van der Waals surface area contributed by atoms with Gasteiger partial charge in [0.05, 0.1) is 7.05 Å². The van der Waals surface area contributed by atoms with E-state index in [1.165, 1.54) is 23.3 Å². The molecule has 0 atom stereocenters. The molecule has 0 fully saturated rings. The maximum atomic E-state index is 11.5. The number of hydrogen-bond acceptors (Lipinski definition) is 5. The van der Waals surface area contributed by atoms with Crippen LogP contribution in [0.15, 0.2) is 40.6 Å².